The summed E-state index contributed by atoms with van der Waals surface area (Å²) in [7, 11) is 3.13. The molecule has 0 bridgehead atoms. The van der Waals surface area contributed by atoms with Crippen LogP contribution in [0.1, 0.15) is 42.5 Å². The molecule has 1 aliphatic rings. The van der Waals surface area contributed by atoms with Gasteiger partial charge in [-0.25, -0.2) is 0 Å². The fraction of sp³-hybridized carbons (Fsp3) is 0.588. The Kier molecular flexibility index (Phi) is 8.20. The molecule has 23 heavy (non-hydrogen) atoms. The molecule has 3 N–H and O–H groups in total. The molecule has 130 valence electrons. The quantitative estimate of drug-likeness (QED) is 0.833. The summed E-state index contributed by atoms with van der Waals surface area (Å²) in [5.41, 5.74) is 6.37. The maximum atomic E-state index is 12.6. The number of methoxy groups -OCH3 is 2. The van der Waals surface area contributed by atoms with Crippen molar-refractivity contribution in [3.05, 3.63) is 23.8 Å². The first-order chi connectivity index (χ1) is 10.7. The Bertz CT molecular complexity index is 505. The SMILES string of the molecule is COc1ccc(OC)c(C(=O)NC(CN)C2CCCCC2)c1.Cl. The summed E-state index contributed by atoms with van der Waals surface area (Å²) in [6.45, 7) is 0.461. The molecule has 2 rings (SSSR count). The van der Waals surface area contributed by atoms with Crippen LogP contribution in [0.2, 0.25) is 0 Å². The molecule has 1 aromatic rings. The molecule has 1 aliphatic carbocycles. The van der Waals surface area contributed by atoms with Crippen molar-refractivity contribution >= 4 is 18.3 Å². The maximum absolute atomic E-state index is 12.6. The Morgan fingerprint density at radius 3 is 2.52 bits per heavy atom. The second-order valence-electron chi connectivity index (χ2n) is 5.78. The van der Waals surface area contributed by atoms with Gasteiger partial charge < -0.3 is 20.5 Å². The minimum atomic E-state index is -0.156. The van der Waals surface area contributed by atoms with Crippen LogP contribution >= 0.6 is 12.4 Å². The number of halogens is 1. The number of amides is 1. The number of benzene rings is 1. The molecule has 5 nitrogen and oxygen atoms in total. The minimum absolute atomic E-state index is 0. The van der Waals surface area contributed by atoms with E-state index in [9.17, 15) is 4.79 Å². The summed E-state index contributed by atoms with van der Waals surface area (Å²) in [6.07, 6.45) is 6.00. The van der Waals surface area contributed by atoms with Gasteiger partial charge in [0.25, 0.3) is 5.91 Å². The first-order valence-corrected chi connectivity index (χ1v) is 7.92. The van der Waals surface area contributed by atoms with Gasteiger partial charge in [0.15, 0.2) is 0 Å². The fourth-order valence-corrected chi connectivity index (χ4v) is 3.14. The number of ether oxygens (including phenoxy) is 2. The Morgan fingerprint density at radius 1 is 1.26 bits per heavy atom. The van der Waals surface area contributed by atoms with E-state index in [1.54, 1.807) is 32.4 Å². The predicted octanol–water partition coefficient (Wildman–Crippen LogP) is 2.76. The fourth-order valence-electron chi connectivity index (χ4n) is 3.14. The van der Waals surface area contributed by atoms with Gasteiger partial charge in [-0.1, -0.05) is 19.3 Å². The van der Waals surface area contributed by atoms with Gasteiger partial charge in [-0.15, -0.1) is 12.4 Å². The Morgan fingerprint density at radius 2 is 1.96 bits per heavy atom. The number of nitrogens with one attached hydrogen (secondary N) is 1. The van der Waals surface area contributed by atoms with Gasteiger partial charge in [0.1, 0.15) is 11.5 Å². The van der Waals surface area contributed by atoms with Gasteiger partial charge in [-0.2, -0.15) is 0 Å². The monoisotopic (exact) mass is 342 g/mol. The summed E-state index contributed by atoms with van der Waals surface area (Å²) in [4.78, 5) is 12.6. The summed E-state index contributed by atoms with van der Waals surface area (Å²) >= 11 is 0. The zero-order valence-electron chi connectivity index (χ0n) is 13.8. The topological polar surface area (TPSA) is 73.6 Å². The third-order valence-electron chi connectivity index (χ3n) is 4.44. The molecule has 1 fully saturated rings. The largest absolute Gasteiger partial charge is 0.497 e. The van der Waals surface area contributed by atoms with Crippen molar-refractivity contribution in [2.75, 3.05) is 20.8 Å². The van der Waals surface area contributed by atoms with Crippen molar-refractivity contribution in [3.63, 3.8) is 0 Å². The van der Waals surface area contributed by atoms with Crippen LogP contribution in [0.5, 0.6) is 11.5 Å². The molecule has 1 amide bonds. The molecule has 0 heterocycles. The van der Waals surface area contributed by atoms with E-state index in [1.807, 2.05) is 0 Å². The van der Waals surface area contributed by atoms with Gasteiger partial charge in [-0.3, -0.25) is 4.79 Å². The van der Waals surface area contributed by atoms with Crippen LogP contribution in [0.3, 0.4) is 0 Å². The summed E-state index contributed by atoms with van der Waals surface area (Å²) < 4.78 is 10.5. The summed E-state index contributed by atoms with van der Waals surface area (Å²) in [5, 5.41) is 3.08. The lowest BCUT2D eigenvalue weighted by Crippen LogP contribution is -2.46. The van der Waals surface area contributed by atoms with Crippen molar-refractivity contribution < 1.29 is 14.3 Å². The lowest BCUT2D eigenvalue weighted by Gasteiger charge is -2.30. The first-order valence-electron chi connectivity index (χ1n) is 7.92. The molecule has 1 aromatic carbocycles. The third kappa shape index (κ3) is 5.01. The Labute approximate surface area is 144 Å². The maximum Gasteiger partial charge on any atom is 0.255 e. The first kappa shape index (κ1) is 19.6. The van der Waals surface area contributed by atoms with E-state index >= 15 is 0 Å². The standard InChI is InChI=1S/C17H26N2O3.ClH/c1-21-13-8-9-16(22-2)14(10-13)17(20)19-15(11-18)12-6-4-3-5-7-12;/h8-10,12,15H,3-7,11,18H2,1-2H3,(H,19,20);1H. The van der Waals surface area contributed by atoms with E-state index in [0.29, 0.717) is 29.5 Å². The van der Waals surface area contributed by atoms with Crippen LogP contribution in [0.15, 0.2) is 18.2 Å². The van der Waals surface area contributed by atoms with Gasteiger partial charge in [-0.05, 0) is 37.0 Å². The molecular weight excluding hydrogens is 316 g/mol. The second-order valence-corrected chi connectivity index (χ2v) is 5.78. The predicted molar refractivity (Wildman–Crippen MR) is 93.7 cm³/mol. The molecule has 6 heteroatoms. The second kappa shape index (κ2) is 9.63. The smallest absolute Gasteiger partial charge is 0.255 e. The number of carbonyl (C=O) groups is 1. The lowest BCUT2D eigenvalue weighted by atomic mass is 9.84. The molecule has 1 unspecified atom stereocenters. The number of hydrogen-bond donors (Lipinski definition) is 2. The highest BCUT2D eigenvalue weighted by Crippen LogP contribution is 2.28. The van der Waals surface area contributed by atoms with Crippen LogP contribution in [0.4, 0.5) is 0 Å². The van der Waals surface area contributed by atoms with Crippen LogP contribution in [-0.2, 0) is 0 Å². The number of nitrogens with two attached hydrogens (primary N) is 1. The molecule has 0 radical (unpaired) electrons. The van der Waals surface area contributed by atoms with Gasteiger partial charge in [0, 0.05) is 12.6 Å². The highest BCUT2D eigenvalue weighted by Gasteiger charge is 2.25. The van der Waals surface area contributed by atoms with Crippen LogP contribution in [0.25, 0.3) is 0 Å². The van der Waals surface area contributed by atoms with E-state index < -0.39 is 0 Å². The highest BCUT2D eigenvalue weighted by atomic mass is 35.5. The van der Waals surface area contributed by atoms with E-state index in [-0.39, 0.29) is 24.4 Å². The lowest BCUT2D eigenvalue weighted by molar-refractivity contribution is 0.0912. The average Bonchev–Trinajstić information content (AvgIpc) is 2.59. The average molecular weight is 343 g/mol. The molecular formula is C17H27ClN2O3. The Balaban J connectivity index is 0.00000264. The van der Waals surface area contributed by atoms with E-state index in [0.717, 1.165) is 12.8 Å². The molecule has 0 aromatic heterocycles. The number of rotatable bonds is 6. The van der Waals surface area contributed by atoms with Crippen molar-refractivity contribution in [1.82, 2.24) is 5.32 Å². The number of hydrogen-bond acceptors (Lipinski definition) is 4. The van der Waals surface area contributed by atoms with Crippen molar-refractivity contribution in [3.8, 4) is 11.5 Å². The van der Waals surface area contributed by atoms with Gasteiger partial charge in [0.2, 0.25) is 0 Å². The van der Waals surface area contributed by atoms with Crippen molar-refractivity contribution in [2.45, 2.75) is 38.1 Å². The zero-order valence-corrected chi connectivity index (χ0v) is 14.7. The Hall–Kier alpha value is -1.46. The van der Waals surface area contributed by atoms with Gasteiger partial charge in [0.05, 0.1) is 19.8 Å². The third-order valence-corrected chi connectivity index (χ3v) is 4.44. The number of carbonyl (C=O) groups excluding carboxylic acids is 1. The van der Waals surface area contributed by atoms with E-state index in [1.165, 1.54) is 19.3 Å². The van der Waals surface area contributed by atoms with Crippen LogP contribution < -0.4 is 20.5 Å². The summed E-state index contributed by atoms with van der Waals surface area (Å²) in [6, 6.07) is 5.23. The summed E-state index contributed by atoms with van der Waals surface area (Å²) in [5.74, 6) is 1.49. The van der Waals surface area contributed by atoms with E-state index in [2.05, 4.69) is 5.32 Å². The molecule has 0 saturated heterocycles. The molecule has 1 atom stereocenters. The zero-order chi connectivity index (χ0) is 15.9. The minimum Gasteiger partial charge on any atom is -0.497 e. The normalized spacial score (nSPS) is 16.1. The molecule has 0 spiro atoms. The van der Waals surface area contributed by atoms with E-state index in [4.69, 9.17) is 15.2 Å². The van der Waals surface area contributed by atoms with Gasteiger partial charge >= 0.3 is 0 Å². The molecule has 0 aliphatic heterocycles. The van der Waals surface area contributed by atoms with Crippen LogP contribution in [-0.4, -0.2) is 32.7 Å². The van der Waals surface area contributed by atoms with Crippen molar-refractivity contribution in [1.29, 1.82) is 0 Å². The molecule has 1 saturated carbocycles. The van der Waals surface area contributed by atoms with Crippen molar-refractivity contribution in [2.24, 2.45) is 11.7 Å². The highest BCUT2D eigenvalue weighted by molar-refractivity contribution is 5.97. The van der Waals surface area contributed by atoms with Crippen LogP contribution in [0, 0.1) is 5.92 Å².